The van der Waals surface area contributed by atoms with Gasteiger partial charge in [-0.2, -0.15) is 0 Å². The Morgan fingerprint density at radius 2 is 1.39 bits per heavy atom. The summed E-state index contributed by atoms with van der Waals surface area (Å²) in [6.07, 6.45) is 0. The molecule has 0 atom stereocenters. The molecule has 2 aromatic rings. The molecule has 0 aliphatic carbocycles. The first-order valence-electron chi connectivity index (χ1n) is 5.33. The zero-order valence-electron chi connectivity index (χ0n) is 9.39. The van der Waals surface area contributed by atoms with Gasteiger partial charge in [-0.25, -0.2) is 0 Å². The second kappa shape index (κ2) is 5.77. The van der Waals surface area contributed by atoms with Crippen molar-refractivity contribution in [2.45, 2.75) is 0 Å². The van der Waals surface area contributed by atoms with Crippen LogP contribution in [0.15, 0.2) is 54.6 Å². The summed E-state index contributed by atoms with van der Waals surface area (Å²) in [7, 11) is 0. The monoisotopic (exact) mass is 351 g/mol. The van der Waals surface area contributed by atoms with Crippen molar-refractivity contribution in [1.29, 1.82) is 0 Å². The van der Waals surface area contributed by atoms with E-state index in [0.29, 0.717) is 16.8 Å². The van der Waals surface area contributed by atoms with Gasteiger partial charge in [0.15, 0.2) is 5.78 Å². The van der Waals surface area contributed by atoms with Gasteiger partial charge in [-0.1, -0.05) is 30.3 Å². The number of anilines is 1. The molecular weight excluding hydrogens is 341 g/mol. The Hall–Kier alpha value is -1.69. The van der Waals surface area contributed by atoms with Gasteiger partial charge in [0.05, 0.1) is 0 Å². The average Bonchev–Trinajstić information content (AvgIpc) is 2.39. The summed E-state index contributed by atoms with van der Waals surface area (Å²) in [5.41, 5.74) is 1.94. The van der Waals surface area contributed by atoms with Crippen molar-refractivity contribution in [3.05, 3.63) is 65.7 Å². The summed E-state index contributed by atoms with van der Waals surface area (Å²) < 4.78 is -0.158. The minimum Gasteiger partial charge on any atom is -0.317 e. The molecule has 2 aromatic carbocycles. The molecule has 3 nitrogen and oxygen atoms in total. The second-order valence-electron chi connectivity index (χ2n) is 3.67. The third-order valence-electron chi connectivity index (χ3n) is 2.43. The number of halogens is 1. The quantitative estimate of drug-likeness (QED) is 0.395. The zero-order chi connectivity index (χ0) is 13.0. The second-order valence-corrected chi connectivity index (χ2v) is 4.65. The maximum atomic E-state index is 12.1. The third-order valence-corrected chi connectivity index (χ3v) is 2.70. The SMILES string of the molecule is O=C(I)Nc1ccc(C(=O)c2ccccc2)cc1. The van der Waals surface area contributed by atoms with Gasteiger partial charge >= 0.3 is 0 Å². The standard InChI is InChI=1S/C14H10INO2/c15-14(18)16-12-8-6-11(7-9-12)13(17)10-4-2-1-3-5-10/h1-9H,(H,16,18). The first kappa shape index (κ1) is 12.8. The minimum absolute atomic E-state index is 0.0250. The average molecular weight is 351 g/mol. The van der Waals surface area contributed by atoms with Crippen LogP contribution in [-0.2, 0) is 0 Å². The highest BCUT2D eigenvalue weighted by atomic mass is 127. The fraction of sp³-hybridized carbons (Fsp3) is 0. The maximum absolute atomic E-state index is 12.1. The van der Waals surface area contributed by atoms with Crippen LogP contribution in [0.5, 0.6) is 0 Å². The van der Waals surface area contributed by atoms with E-state index in [1.165, 1.54) is 0 Å². The van der Waals surface area contributed by atoms with Crippen LogP contribution >= 0.6 is 22.6 Å². The Kier molecular flexibility index (Phi) is 4.09. The summed E-state index contributed by atoms with van der Waals surface area (Å²) in [5.74, 6) is -0.0250. The van der Waals surface area contributed by atoms with Crippen molar-refractivity contribution in [3.8, 4) is 0 Å². The number of rotatable bonds is 3. The van der Waals surface area contributed by atoms with Crippen LogP contribution in [0.2, 0.25) is 0 Å². The smallest absolute Gasteiger partial charge is 0.284 e. The topological polar surface area (TPSA) is 46.2 Å². The van der Waals surface area contributed by atoms with E-state index in [0.717, 1.165) is 0 Å². The molecule has 0 bridgehead atoms. The molecule has 0 aromatic heterocycles. The Morgan fingerprint density at radius 3 is 1.94 bits per heavy atom. The normalized spacial score (nSPS) is 9.83. The van der Waals surface area contributed by atoms with E-state index in [9.17, 15) is 9.59 Å². The molecule has 0 aliphatic heterocycles. The van der Waals surface area contributed by atoms with Gasteiger partial charge in [0.1, 0.15) is 0 Å². The van der Waals surface area contributed by atoms with Crippen molar-refractivity contribution in [2.24, 2.45) is 0 Å². The summed E-state index contributed by atoms with van der Waals surface area (Å²) in [6.45, 7) is 0. The molecule has 18 heavy (non-hydrogen) atoms. The van der Waals surface area contributed by atoms with Crippen LogP contribution in [0.25, 0.3) is 0 Å². The first-order chi connectivity index (χ1) is 8.66. The molecule has 90 valence electrons. The molecule has 0 radical (unpaired) electrons. The highest BCUT2D eigenvalue weighted by Crippen LogP contribution is 2.14. The number of carbonyl (C=O) groups is 2. The van der Waals surface area contributed by atoms with Crippen molar-refractivity contribution in [1.82, 2.24) is 0 Å². The Labute approximate surface area is 118 Å². The van der Waals surface area contributed by atoms with Gasteiger partial charge in [-0.05, 0) is 24.3 Å². The van der Waals surface area contributed by atoms with E-state index in [4.69, 9.17) is 0 Å². The molecule has 0 aliphatic rings. The van der Waals surface area contributed by atoms with Crippen LogP contribution in [-0.4, -0.2) is 9.70 Å². The van der Waals surface area contributed by atoms with Crippen molar-refractivity contribution >= 4 is 38.0 Å². The Morgan fingerprint density at radius 1 is 0.833 bits per heavy atom. The molecule has 0 saturated carbocycles. The lowest BCUT2D eigenvalue weighted by Gasteiger charge is -2.03. The summed E-state index contributed by atoms with van der Waals surface area (Å²) in [6, 6.07) is 15.9. The van der Waals surface area contributed by atoms with Gasteiger partial charge in [0.2, 0.25) is 0 Å². The van der Waals surface area contributed by atoms with Crippen LogP contribution in [0, 0.1) is 0 Å². The number of hydrogen-bond donors (Lipinski definition) is 1. The summed E-state index contributed by atoms with van der Waals surface area (Å²) in [4.78, 5) is 23.0. The van der Waals surface area contributed by atoms with E-state index in [1.54, 1.807) is 59.0 Å². The predicted molar refractivity (Wildman–Crippen MR) is 79.4 cm³/mol. The number of amides is 1. The van der Waals surface area contributed by atoms with Crippen molar-refractivity contribution in [2.75, 3.05) is 5.32 Å². The fourth-order valence-electron chi connectivity index (χ4n) is 1.57. The lowest BCUT2D eigenvalue weighted by atomic mass is 10.0. The summed E-state index contributed by atoms with van der Waals surface area (Å²) in [5, 5.41) is 2.65. The fourth-order valence-corrected chi connectivity index (χ4v) is 1.89. The molecule has 0 saturated heterocycles. The largest absolute Gasteiger partial charge is 0.317 e. The van der Waals surface area contributed by atoms with Gasteiger partial charge < -0.3 is 5.32 Å². The highest BCUT2D eigenvalue weighted by molar-refractivity contribution is 14.1. The molecule has 2 rings (SSSR count). The number of carbonyl (C=O) groups excluding carboxylic acids is 2. The van der Waals surface area contributed by atoms with Gasteiger partial charge in [0.25, 0.3) is 3.91 Å². The number of benzene rings is 2. The van der Waals surface area contributed by atoms with Crippen LogP contribution < -0.4 is 5.32 Å². The molecule has 1 amide bonds. The van der Waals surface area contributed by atoms with E-state index >= 15 is 0 Å². The van der Waals surface area contributed by atoms with E-state index in [-0.39, 0.29) is 9.70 Å². The predicted octanol–water partition coefficient (Wildman–Crippen LogP) is 3.88. The van der Waals surface area contributed by atoms with Crippen LogP contribution in [0.4, 0.5) is 10.5 Å². The van der Waals surface area contributed by atoms with Gasteiger partial charge in [-0.15, -0.1) is 0 Å². The Bertz CT molecular complexity index is 564. The lowest BCUT2D eigenvalue weighted by Crippen LogP contribution is -2.03. The van der Waals surface area contributed by atoms with Crippen molar-refractivity contribution < 1.29 is 9.59 Å². The minimum atomic E-state index is -0.158. The van der Waals surface area contributed by atoms with E-state index < -0.39 is 0 Å². The lowest BCUT2D eigenvalue weighted by molar-refractivity contribution is 0.103. The molecular formula is C14H10INO2. The molecule has 0 spiro atoms. The van der Waals surface area contributed by atoms with Crippen LogP contribution in [0.1, 0.15) is 15.9 Å². The Balaban J connectivity index is 2.20. The zero-order valence-corrected chi connectivity index (χ0v) is 11.5. The molecule has 0 heterocycles. The number of hydrogen-bond acceptors (Lipinski definition) is 2. The maximum Gasteiger partial charge on any atom is 0.284 e. The number of nitrogens with one attached hydrogen (secondary N) is 1. The van der Waals surface area contributed by atoms with E-state index in [1.807, 2.05) is 18.2 Å². The molecule has 1 N–H and O–H groups in total. The number of ketones is 1. The highest BCUT2D eigenvalue weighted by Gasteiger charge is 2.08. The van der Waals surface area contributed by atoms with E-state index in [2.05, 4.69) is 5.32 Å². The summed E-state index contributed by atoms with van der Waals surface area (Å²) >= 11 is 1.66. The third kappa shape index (κ3) is 3.16. The van der Waals surface area contributed by atoms with Crippen LogP contribution in [0.3, 0.4) is 0 Å². The van der Waals surface area contributed by atoms with Gasteiger partial charge in [-0.3, -0.25) is 9.59 Å². The molecule has 0 fully saturated rings. The van der Waals surface area contributed by atoms with Gasteiger partial charge in [0, 0.05) is 39.4 Å². The first-order valence-corrected chi connectivity index (χ1v) is 6.41. The van der Waals surface area contributed by atoms with Crippen molar-refractivity contribution in [3.63, 3.8) is 0 Å². The molecule has 0 unspecified atom stereocenters. The molecule has 4 heteroatoms.